The number of fused-ring (bicyclic) bond motifs is 5. The number of aryl methyl sites for hydroxylation is 1. The lowest BCUT2D eigenvalue weighted by molar-refractivity contribution is -0.142. The van der Waals surface area contributed by atoms with Crippen LogP contribution in [0.5, 0.6) is 11.5 Å². The van der Waals surface area contributed by atoms with E-state index in [0.717, 1.165) is 48.1 Å². The number of phenolic OH excluding ortho intramolecular Hbond substituents is 2. The number of carbonyl (C=O) groups is 6. The van der Waals surface area contributed by atoms with Crippen LogP contribution in [0.1, 0.15) is 93.4 Å². The summed E-state index contributed by atoms with van der Waals surface area (Å²) in [5, 5.41) is 41.3. The fourth-order valence-electron chi connectivity index (χ4n) is 6.63. The van der Waals surface area contributed by atoms with Crippen LogP contribution in [0.3, 0.4) is 0 Å². The number of ether oxygens (including phenoxy) is 1. The largest absolute Gasteiger partial charge is 0.507 e. The van der Waals surface area contributed by atoms with Crippen molar-refractivity contribution >= 4 is 35.7 Å². The van der Waals surface area contributed by atoms with Gasteiger partial charge in [0.2, 0.25) is 17.7 Å². The summed E-state index contributed by atoms with van der Waals surface area (Å²) in [7, 11) is 1.36. The number of hydrogen-bond donors (Lipinski definition) is 7. The van der Waals surface area contributed by atoms with Gasteiger partial charge in [-0.25, -0.2) is 9.59 Å². The number of nitrogens with zero attached hydrogens (tertiary/aromatic N) is 1. The molecule has 4 aromatic carbocycles. The first kappa shape index (κ1) is 48.8. The Balaban J connectivity index is 0.000000633. The van der Waals surface area contributed by atoms with Crippen molar-refractivity contribution in [3.05, 3.63) is 107 Å². The smallest absolute Gasteiger partial charge is 0.407 e. The van der Waals surface area contributed by atoms with Gasteiger partial charge in [-0.2, -0.15) is 0 Å². The van der Waals surface area contributed by atoms with Gasteiger partial charge < -0.3 is 46.2 Å². The Labute approximate surface area is 368 Å². The normalized spacial score (nSPS) is 15.0. The van der Waals surface area contributed by atoms with Crippen LogP contribution in [0, 0.1) is 0 Å². The van der Waals surface area contributed by atoms with E-state index in [9.17, 15) is 44.1 Å². The summed E-state index contributed by atoms with van der Waals surface area (Å²) in [6.45, 7) is 9.45. The monoisotopic (exact) mass is 865 g/mol. The molecule has 1 aliphatic heterocycles. The molecule has 0 aromatic heterocycles. The number of benzene rings is 4. The third kappa shape index (κ3) is 14.6. The second-order valence-electron chi connectivity index (χ2n) is 16.3. The highest BCUT2D eigenvalue weighted by Gasteiger charge is 2.31. The molecule has 7 N–H and O–H groups in total. The Morgan fingerprint density at radius 3 is 2.02 bits per heavy atom. The number of rotatable bonds is 12. The van der Waals surface area contributed by atoms with Gasteiger partial charge in [0.05, 0.1) is 13.1 Å². The number of phenols is 2. The molecule has 5 amide bonds. The third-order valence-corrected chi connectivity index (χ3v) is 10.1. The summed E-state index contributed by atoms with van der Waals surface area (Å²) in [5.41, 5.74) is 4.12. The zero-order valence-corrected chi connectivity index (χ0v) is 36.7. The van der Waals surface area contributed by atoms with Crippen molar-refractivity contribution < 1.29 is 48.8 Å². The van der Waals surface area contributed by atoms with Crippen LogP contribution in [-0.4, -0.2) is 94.2 Å². The molecular weight excluding hydrogens is 807 g/mol. The fraction of sp³-hybridized carbons (Fsp3) is 0.375. The van der Waals surface area contributed by atoms with Crippen LogP contribution >= 0.6 is 0 Å². The van der Waals surface area contributed by atoms with Gasteiger partial charge in [0, 0.05) is 36.7 Å². The average Bonchev–Trinajstić information content (AvgIpc) is 3.24. The van der Waals surface area contributed by atoms with Crippen LogP contribution in [0.15, 0.2) is 84.9 Å². The molecule has 2 atom stereocenters. The number of nitrogens with one attached hydrogen (secondary N) is 4. The molecule has 336 valence electrons. The maximum Gasteiger partial charge on any atom is 0.407 e. The van der Waals surface area contributed by atoms with E-state index in [1.165, 1.54) is 49.0 Å². The van der Waals surface area contributed by atoms with Crippen molar-refractivity contribution in [3.63, 3.8) is 0 Å². The Kier molecular flexibility index (Phi) is 17.6. The van der Waals surface area contributed by atoms with Gasteiger partial charge in [0.1, 0.15) is 29.2 Å². The molecule has 5 rings (SSSR count). The van der Waals surface area contributed by atoms with Gasteiger partial charge in [-0.3, -0.25) is 19.2 Å². The van der Waals surface area contributed by atoms with E-state index in [0.29, 0.717) is 17.7 Å². The van der Waals surface area contributed by atoms with Crippen molar-refractivity contribution in [2.24, 2.45) is 0 Å². The van der Waals surface area contributed by atoms with E-state index in [-0.39, 0.29) is 40.7 Å². The molecule has 0 saturated heterocycles. The molecule has 0 fully saturated rings. The molecule has 0 aliphatic carbocycles. The lowest BCUT2D eigenvalue weighted by atomic mass is 9.94. The summed E-state index contributed by atoms with van der Waals surface area (Å²) < 4.78 is 5.03. The molecule has 0 spiro atoms. The van der Waals surface area contributed by atoms with E-state index < -0.39 is 60.4 Å². The average molecular weight is 866 g/mol. The predicted molar refractivity (Wildman–Crippen MR) is 239 cm³/mol. The number of aromatic hydroxyl groups is 2. The van der Waals surface area contributed by atoms with Crippen LogP contribution < -0.4 is 21.3 Å². The van der Waals surface area contributed by atoms with E-state index in [4.69, 9.17) is 4.74 Å². The van der Waals surface area contributed by atoms with Crippen LogP contribution in [0.4, 0.5) is 4.79 Å². The minimum absolute atomic E-state index is 0.127. The van der Waals surface area contributed by atoms with Crippen molar-refractivity contribution in [2.75, 3.05) is 26.7 Å². The molecule has 15 nitrogen and oxygen atoms in total. The first-order valence-corrected chi connectivity index (χ1v) is 21.1. The van der Waals surface area contributed by atoms with Crippen molar-refractivity contribution in [1.29, 1.82) is 0 Å². The molecule has 2 unspecified atom stereocenters. The van der Waals surface area contributed by atoms with E-state index in [1.54, 1.807) is 12.1 Å². The highest BCUT2D eigenvalue weighted by molar-refractivity contribution is 5.98. The number of hydrogen-bond acceptors (Lipinski definition) is 9. The van der Waals surface area contributed by atoms with E-state index >= 15 is 0 Å². The molecule has 0 radical (unpaired) electrons. The Bertz CT molecular complexity index is 2240. The minimum atomic E-state index is -1.35. The second kappa shape index (κ2) is 22.8. The first-order valence-electron chi connectivity index (χ1n) is 21.1. The quantitative estimate of drug-likeness (QED) is 0.0793. The fourth-order valence-corrected chi connectivity index (χ4v) is 6.63. The lowest BCUT2D eigenvalue weighted by Gasteiger charge is -2.28. The van der Waals surface area contributed by atoms with E-state index in [2.05, 4.69) is 47.2 Å². The number of carboxylic acids is 1. The summed E-state index contributed by atoms with van der Waals surface area (Å²) in [6.07, 6.45) is 4.90. The maximum absolute atomic E-state index is 13.6. The lowest BCUT2D eigenvalue weighted by Crippen LogP contribution is -2.49. The van der Waals surface area contributed by atoms with Crippen LogP contribution in [0.2, 0.25) is 0 Å². The highest BCUT2D eigenvalue weighted by atomic mass is 16.6. The van der Waals surface area contributed by atoms with Crippen LogP contribution in [0.25, 0.3) is 22.3 Å². The number of amides is 5. The predicted octanol–water partition coefficient (Wildman–Crippen LogP) is 6.26. The maximum atomic E-state index is 13.6. The first-order chi connectivity index (χ1) is 29.9. The zero-order chi connectivity index (χ0) is 46.3. The van der Waals surface area contributed by atoms with Crippen molar-refractivity contribution in [2.45, 2.75) is 90.8 Å². The molecule has 63 heavy (non-hydrogen) atoms. The number of carboxylic acid groups (broad SMARTS) is 1. The van der Waals surface area contributed by atoms with Gasteiger partial charge >= 0.3 is 12.1 Å². The number of likely N-dealkylation sites (N-methyl/N-ethyl adjacent to an activating group) is 1. The van der Waals surface area contributed by atoms with Crippen molar-refractivity contribution in [1.82, 2.24) is 26.2 Å². The number of unbranched alkanes of at least 4 members (excludes halogenated alkanes) is 2. The molecule has 4 bridgehead atoms. The summed E-state index contributed by atoms with van der Waals surface area (Å²) in [6, 6.07) is 21.1. The topological polar surface area (TPSA) is 224 Å². The third-order valence-electron chi connectivity index (χ3n) is 10.1. The SMILES string of the molecule is CCCCNC(=O)OC(C)(C)C.CCCCc1ccc(-c2ccc(C(=O)NCC(=O)N(C)C3C(=O)NCC(=O)NC(C(=O)O)Cc4ccc(O)c(c4)-c4cc3ccc4O)cc2)cc1. The Morgan fingerprint density at radius 2 is 1.41 bits per heavy atom. The van der Waals surface area contributed by atoms with Gasteiger partial charge in [0.25, 0.3) is 5.91 Å². The molecule has 1 heterocycles. The summed E-state index contributed by atoms with van der Waals surface area (Å²) in [5.74, 6) is -4.46. The zero-order valence-electron chi connectivity index (χ0n) is 36.7. The number of carbonyl (C=O) groups excluding carboxylic acids is 5. The standard InChI is InChI=1S/C39H40N4O8.C9H19NO2/c1-3-4-5-23-6-9-25(10-7-23)26-11-13-27(14-12-26)37(48)41-22-35(47)43(2)36-28-15-17-33(45)30(20-28)29-18-24(8-16-32(29)44)19-31(39(50)51)42-34(46)21-40-38(36)49;1-5-6-7-10-8(11)12-9(2,3)4/h6-18,20,31,36,44-45H,3-5,19,21-22H2,1-2H3,(H,40,49)(H,41,48)(H,42,46)(H,50,51);5-7H2,1-4H3,(H,10,11). The van der Waals surface area contributed by atoms with Gasteiger partial charge in [-0.1, -0.05) is 75.2 Å². The summed E-state index contributed by atoms with van der Waals surface area (Å²) in [4.78, 5) is 76.8. The second-order valence-corrected chi connectivity index (χ2v) is 16.3. The minimum Gasteiger partial charge on any atom is -0.507 e. The van der Waals surface area contributed by atoms with E-state index in [1.807, 2.05) is 45.0 Å². The number of alkyl carbamates (subject to hydrolysis) is 1. The highest BCUT2D eigenvalue weighted by Crippen LogP contribution is 2.38. The van der Waals surface area contributed by atoms with Gasteiger partial charge in [0.15, 0.2) is 0 Å². The number of aliphatic carboxylic acids is 1. The molecule has 4 aromatic rings. The van der Waals surface area contributed by atoms with Gasteiger partial charge in [-0.15, -0.1) is 0 Å². The molecule has 15 heteroatoms. The summed E-state index contributed by atoms with van der Waals surface area (Å²) >= 11 is 0. The Morgan fingerprint density at radius 1 is 0.810 bits per heavy atom. The Hall–Kier alpha value is -6.90. The van der Waals surface area contributed by atoms with Crippen LogP contribution in [-0.2, 0) is 36.8 Å². The molecular formula is C48H59N5O10. The molecule has 0 saturated carbocycles. The molecule has 1 aliphatic rings. The van der Waals surface area contributed by atoms with Gasteiger partial charge in [-0.05, 0) is 104 Å². The van der Waals surface area contributed by atoms with Crippen molar-refractivity contribution in [3.8, 4) is 33.8 Å².